The van der Waals surface area contributed by atoms with Crippen LogP contribution in [-0.4, -0.2) is 24.0 Å². The van der Waals surface area contributed by atoms with Gasteiger partial charge in [0.2, 0.25) is 0 Å². The second-order valence-electron chi connectivity index (χ2n) is 4.86. The van der Waals surface area contributed by atoms with Gasteiger partial charge in [0.15, 0.2) is 0 Å². The van der Waals surface area contributed by atoms with Crippen LogP contribution in [0, 0.1) is 6.92 Å². The van der Waals surface area contributed by atoms with Crippen molar-refractivity contribution in [3.05, 3.63) is 35.4 Å². The van der Waals surface area contributed by atoms with Gasteiger partial charge in [-0.2, -0.15) is 0 Å². The van der Waals surface area contributed by atoms with E-state index >= 15 is 0 Å². The average molecular weight is 206 g/mol. The number of hydrogen-bond acceptors (Lipinski definition) is 2. The first-order chi connectivity index (χ1) is 6.95. The fourth-order valence-electron chi connectivity index (χ4n) is 1.34. The standard InChI is InChI=1S/C13H22N2/c1-11-5-7-12(8-6-11)9-15(4)13(2,3)10-14/h5-8H,9-10,14H2,1-4H3. The van der Waals surface area contributed by atoms with Gasteiger partial charge < -0.3 is 5.73 Å². The highest BCUT2D eigenvalue weighted by atomic mass is 15.2. The summed E-state index contributed by atoms with van der Waals surface area (Å²) in [5.41, 5.74) is 8.45. The van der Waals surface area contributed by atoms with Gasteiger partial charge in [-0.3, -0.25) is 4.90 Å². The Kier molecular flexibility index (Phi) is 3.89. The quantitative estimate of drug-likeness (QED) is 0.818. The van der Waals surface area contributed by atoms with Crippen molar-refractivity contribution in [2.24, 2.45) is 5.73 Å². The summed E-state index contributed by atoms with van der Waals surface area (Å²) in [6.07, 6.45) is 0. The lowest BCUT2D eigenvalue weighted by atomic mass is 10.0. The number of aryl methyl sites for hydroxylation is 1. The van der Waals surface area contributed by atoms with Crippen LogP contribution in [0.3, 0.4) is 0 Å². The SMILES string of the molecule is Cc1ccc(CN(C)C(C)(C)CN)cc1. The van der Waals surface area contributed by atoms with Gasteiger partial charge in [0.25, 0.3) is 0 Å². The summed E-state index contributed by atoms with van der Waals surface area (Å²) in [6, 6.07) is 8.66. The largest absolute Gasteiger partial charge is 0.329 e. The molecule has 0 aliphatic rings. The normalized spacial score (nSPS) is 12.1. The Morgan fingerprint density at radius 3 is 2.20 bits per heavy atom. The summed E-state index contributed by atoms with van der Waals surface area (Å²) < 4.78 is 0. The summed E-state index contributed by atoms with van der Waals surface area (Å²) >= 11 is 0. The first kappa shape index (κ1) is 12.2. The first-order valence-corrected chi connectivity index (χ1v) is 5.42. The monoisotopic (exact) mass is 206 g/mol. The van der Waals surface area contributed by atoms with E-state index in [0.717, 1.165) is 6.54 Å². The molecule has 0 aliphatic heterocycles. The Hall–Kier alpha value is -0.860. The van der Waals surface area contributed by atoms with Crippen molar-refractivity contribution < 1.29 is 0 Å². The molecule has 0 radical (unpaired) electrons. The zero-order valence-corrected chi connectivity index (χ0v) is 10.2. The molecular formula is C13H22N2. The third-order valence-electron chi connectivity index (χ3n) is 3.07. The van der Waals surface area contributed by atoms with Crippen molar-refractivity contribution in [3.8, 4) is 0 Å². The lowest BCUT2D eigenvalue weighted by Gasteiger charge is -2.34. The summed E-state index contributed by atoms with van der Waals surface area (Å²) in [5, 5.41) is 0. The van der Waals surface area contributed by atoms with Gasteiger partial charge >= 0.3 is 0 Å². The van der Waals surface area contributed by atoms with Gasteiger partial charge in [-0.1, -0.05) is 29.8 Å². The van der Waals surface area contributed by atoms with Crippen molar-refractivity contribution in [3.63, 3.8) is 0 Å². The second kappa shape index (κ2) is 4.77. The van der Waals surface area contributed by atoms with Crippen LogP contribution in [0.5, 0.6) is 0 Å². The van der Waals surface area contributed by atoms with Crippen LogP contribution < -0.4 is 5.73 Å². The average Bonchev–Trinajstić information content (AvgIpc) is 2.21. The molecule has 0 aromatic heterocycles. The molecule has 1 rings (SSSR count). The van der Waals surface area contributed by atoms with Crippen molar-refractivity contribution in [1.82, 2.24) is 4.90 Å². The summed E-state index contributed by atoms with van der Waals surface area (Å²) in [6.45, 7) is 8.07. The van der Waals surface area contributed by atoms with Crippen LogP contribution in [0.2, 0.25) is 0 Å². The molecule has 0 heterocycles. The molecule has 1 aromatic rings. The molecule has 2 heteroatoms. The van der Waals surface area contributed by atoms with E-state index in [0.29, 0.717) is 6.54 Å². The highest BCUT2D eigenvalue weighted by molar-refractivity contribution is 5.21. The summed E-state index contributed by atoms with van der Waals surface area (Å²) in [5.74, 6) is 0. The molecule has 2 nitrogen and oxygen atoms in total. The van der Waals surface area contributed by atoms with E-state index in [2.05, 4.69) is 57.0 Å². The van der Waals surface area contributed by atoms with Gasteiger partial charge in [0, 0.05) is 18.6 Å². The summed E-state index contributed by atoms with van der Waals surface area (Å²) in [7, 11) is 2.12. The third kappa shape index (κ3) is 3.33. The molecular weight excluding hydrogens is 184 g/mol. The lowest BCUT2D eigenvalue weighted by Crippen LogP contribution is -2.46. The van der Waals surface area contributed by atoms with Crippen LogP contribution in [0.15, 0.2) is 24.3 Å². The predicted molar refractivity (Wildman–Crippen MR) is 65.8 cm³/mol. The molecule has 84 valence electrons. The van der Waals surface area contributed by atoms with Gasteiger partial charge in [-0.05, 0) is 33.4 Å². The Morgan fingerprint density at radius 2 is 1.73 bits per heavy atom. The number of hydrogen-bond donors (Lipinski definition) is 1. The molecule has 0 fully saturated rings. The highest BCUT2D eigenvalue weighted by Crippen LogP contribution is 2.14. The number of rotatable bonds is 4. The molecule has 0 saturated heterocycles. The fraction of sp³-hybridized carbons (Fsp3) is 0.538. The maximum absolute atomic E-state index is 5.74. The van der Waals surface area contributed by atoms with E-state index in [1.54, 1.807) is 0 Å². The van der Waals surface area contributed by atoms with Crippen LogP contribution in [0.1, 0.15) is 25.0 Å². The summed E-state index contributed by atoms with van der Waals surface area (Å²) in [4.78, 5) is 2.29. The van der Waals surface area contributed by atoms with Crippen LogP contribution in [0.25, 0.3) is 0 Å². The first-order valence-electron chi connectivity index (χ1n) is 5.42. The molecule has 0 atom stereocenters. The van der Waals surface area contributed by atoms with Gasteiger partial charge in [-0.15, -0.1) is 0 Å². The molecule has 2 N–H and O–H groups in total. The lowest BCUT2D eigenvalue weighted by molar-refractivity contribution is 0.156. The Balaban J connectivity index is 2.66. The Bertz CT molecular complexity index is 301. The molecule has 0 unspecified atom stereocenters. The van der Waals surface area contributed by atoms with Gasteiger partial charge in [0.1, 0.15) is 0 Å². The van der Waals surface area contributed by atoms with Crippen LogP contribution in [-0.2, 0) is 6.54 Å². The maximum Gasteiger partial charge on any atom is 0.0275 e. The van der Waals surface area contributed by atoms with E-state index in [4.69, 9.17) is 5.73 Å². The molecule has 0 saturated carbocycles. The van der Waals surface area contributed by atoms with Gasteiger partial charge in [0.05, 0.1) is 0 Å². The topological polar surface area (TPSA) is 29.3 Å². The van der Waals surface area contributed by atoms with Crippen molar-refractivity contribution >= 4 is 0 Å². The molecule has 1 aromatic carbocycles. The van der Waals surface area contributed by atoms with E-state index < -0.39 is 0 Å². The molecule has 0 bridgehead atoms. The van der Waals surface area contributed by atoms with E-state index in [-0.39, 0.29) is 5.54 Å². The minimum atomic E-state index is 0.0604. The molecule has 0 amide bonds. The molecule has 15 heavy (non-hydrogen) atoms. The minimum Gasteiger partial charge on any atom is -0.329 e. The molecule has 0 spiro atoms. The van der Waals surface area contributed by atoms with Gasteiger partial charge in [-0.25, -0.2) is 0 Å². The van der Waals surface area contributed by atoms with Crippen LogP contribution >= 0.6 is 0 Å². The van der Waals surface area contributed by atoms with E-state index in [1.165, 1.54) is 11.1 Å². The van der Waals surface area contributed by atoms with Crippen molar-refractivity contribution in [1.29, 1.82) is 0 Å². The van der Waals surface area contributed by atoms with E-state index in [9.17, 15) is 0 Å². The maximum atomic E-state index is 5.74. The Labute approximate surface area is 93.1 Å². The fourth-order valence-corrected chi connectivity index (χ4v) is 1.34. The zero-order valence-electron chi connectivity index (χ0n) is 10.2. The van der Waals surface area contributed by atoms with Crippen LogP contribution in [0.4, 0.5) is 0 Å². The number of nitrogens with zero attached hydrogens (tertiary/aromatic N) is 1. The third-order valence-corrected chi connectivity index (χ3v) is 3.07. The Morgan fingerprint density at radius 1 is 1.20 bits per heavy atom. The molecule has 0 aliphatic carbocycles. The van der Waals surface area contributed by atoms with Crippen molar-refractivity contribution in [2.45, 2.75) is 32.9 Å². The number of likely N-dealkylation sites (N-methyl/N-ethyl adjacent to an activating group) is 1. The van der Waals surface area contributed by atoms with Crippen molar-refractivity contribution in [2.75, 3.05) is 13.6 Å². The minimum absolute atomic E-state index is 0.0604. The number of nitrogens with two attached hydrogens (primary N) is 1. The highest BCUT2D eigenvalue weighted by Gasteiger charge is 2.21. The number of benzene rings is 1. The predicted octanol–water partition coefficient (Wildman–Crippen LogP) is 2.16. The second-order valence-corrected chi connectivity index (χ2v) is 4.86. The zero-order chi connectivity index (χ0) is 11.5. The smallest absolute Gasteiger partial charge is 0.0275 e. The van der Waals surface area contributed by atoms with E-state index in [1.807, 2.05) is 0 Å².